The molecule has 0 heteroatoms. The summed E-state index contributed by atoms with van der Waals surface area (Å²) < 4.78 is 0. The smallest absolute Gasteiger partial charge is 0.0358 e. The maximum absolute atomic E-state index is 2.29. The summed E-state index contributed by atoms with van der Waals surface area (Å²) in [7, 11) is 0. The van der Waals surface area contributed by atoms with Gasteiger partial charge in [-0.15, -0.1) is 0 Å². The summed E-state index contributed by atoms with van der Waals surface area (Å²) in [5, 5.41) is 0. The molecule has 1 unspecified atom stereocenters. The van der Waals surface area contributed by atoms with Gasteiger partial charge < -0.3 is 0 Å². The molecule has 0 aromatic heterocycles. The molecule has 0 amide bonds. The Kier molecular flexibility index (Phi) is 4.41. The molecule has 29 heavy (non-hydrogen) atoms. The van der Waals surface area contributed by atoms with E-state index in [1.807, 2.05) is 0 Å². The first-order chi connectivity index (χ1) is 14.2. The van der Waals surface area contributed by atoms with Crippen molar-refractivity contribution in [1.82, 2.24) is 0 Å². The predicted octanol–water partition coefficient (Wildman–Crippen LogP) is 7.41. The molecule has 4 aromatic carbocycles. The van der Waals surface area contributed by atoms with Gasteiger partial charge in [-0.05, 0) is 52.8 Å². The summed E-state index contributed by atoms with van der Waals surface area (Å²) in [5.74, 6) is 0.242. The molecule has 0 spiro atoms. The van der Waals surface area contributed by atoms with Crippen LogP contribution in [-0.4, -0.2) is 0 Å². The fraction of sp³-hybridized carbons (Fsp3) is 0.103. The lowest BCUT2D eigenvalue weighted by Gasteiger charge is -2.19. The van der Waals surface area contributed by atoms with Crippen molar-refractivity contribution in [1.29, 1.82) is 0 Å². The normalized spacial score (nSPS) is 15.4. The first kappa shape index (κ1) is 17.7. The van der Waals surface area contributed by atoms with E-state index in [2.05, 4.69) is 117 Å². The van der Waals surface area contributed by atoms with Crippen LogP contribution in [0.25, 0.3) is 11.1 Å². The van der Waals surface area contributed by atoms with Crippen LogP contribution in [0.5, 0.6) is 0 Å². The van der Waals surface area contributed by atoms with E-state index in [4.69, 9.17) is 0 Å². The predicted molar refractivity (Wildman–Crippen MR) is 123 cm³/mol. The molecule has 1 aliphatic carbocycles. The second-order valence-corrected chi connectivity index (χ2v) is 7.95. The minimum absolute atomic E-state index is 0.242. The maximum Gasteiger partial charge on any atom is 0.0358 e. The Balaban J connectivity index is 1.84. The molecule has 0 heterocycles. The number of rotatable bonds is 3. The van der Waals surface area contributed by atoms with E-state index in [1.54, 1.807) is 0 Å². The van der Waals surface area contributed by atoms with E-state index < -0.39 is 0 Å². The zero-order valence-electron chi connectivity index (χ0n) is 16.9. The zero-order chi connectivity index (χ0) is 19.8. The van der Waals surface area contributed by atoms with Crippen LogP contribution in [0.1, 0.15) is 44.9 Å². The van der Waals surface area contributed by atoms with Crippen molar-refractivity contribution in [3.05, 3.63) is 142 Å². The van der Waals surface area contributed by atoms with Crippen LogP contribution in [0.3, 0.4) is 0 Å². The molecule has 0 aliphatic heterocycles. The molecular formula is C29H24. The zero-order valence-corrected chi connectivity index (χ0v) is 16.9. The third-order valence-electron chi connectivity index (χ3n) is 5.93. The number of hydrogen-bond donors (Lipinski definition) is 0. The molecule has 1 aliphatic rings. The highest BCUT2D eigenvalue weighted by atomic mass is 14.4. The van der Waals surface area contributed by atoms with Crippen molar-refractivity contribution in [3.8, 4) is 0 Å². The Labute approximate surface area is 173 Å². The van der Waals surface area contributed by atoms with Crippen molar-refractivity contribution in [2.24, 2.45) is 0 Å². The minimum Gasteiger partial charge on any atom is -0.0622 e. The van der Waals surface area contributed by atoms with Crippen LogP contribution in [0.2, 0.25) is 0 Å². The fourth-order valence-electron chi connectivity index (χ4n) is 4.49. The van der Waals surface area contributed by atoms with Gasteiger partial charge in [-0.2, -0.15) is 0 Å². The highest BCUT2D eigenvalue weighted by Gasteiger charge is 2.33. The second-order valence-electron chi connectivity index (χ2n) is 7.95. The molecule has 140 valence electrons. The number of benzene rings is 4. The van der Waals surface area contributed by atoms with E-state index in [-0.39, 0.29) is 5.92 Å². The lowest BCUT2D eigenvalue weighted by atomic mass is 9.84. The number of allylic oxidation sites excluding steroid dienone is 1. The van der Waals surface area contributed by atoms with E-state index in [0.29, 0.717) is 0 Å². The molecule has 4 aromatic rings. The molecule has 0 bridgehead atoms. The molecule has 0 radical (unpaired) electrons. The maximum atomic E-state index is 2.29. The molecule has 0 saturated carbocycles. The van der Waals surface area contributed by atoms with Crippen molar-refractivity contribution < 1.29 is 0 Å². The third kappa shape index (κ3) is 3.11. The van der Waals surface area contributed by atoms with Gasteiger partial charge in [0.05, 0.1) is 0 Å². The summed E-state index contributed by atoms with van der Waals surface area (Å²) >= 11 is 0. The number of hydrogen-bond acceptors (Lipinski definition) is 0. The van der Waals surface area contributed by atoms with E-state index in [1.165, 1.54) is 50.1 Å². The summed E-state index contributed by atoms with van der Waals surface area (Å²) in [5.41, 5.74) is 12.0. The van der Waals surface area contributed by atoms with Crippen LogP contribution >= 0.6 is 0 Å². The van der Waals surface area contributed by atoms with Gasteiger partial charge in [0.1, 0.15) is 0 Å². The lowest BCUT2D eigenvalue weighted by molar-refractivity contribution is 1.07. The van der Waals surface area contributed by atoms with Crippen molar-refractivity contribution in [2.45, 2.75) is 19.8 Å². The Morgan fingerprint density at radius 3 is 1.72 bits per heavy atom. The van der Waals surface area contributed by atoms with Gasteiger partial charge in [0.15, 0.2) is 0 Å². The molecule has 0 N–H and O–H groups in total. The Morgan fingerprint density at radius 2 is 1.07 bits per heavy atom. The summed E-state index contributed by atoms with van der Waals surface area (Å²) in [4.78, 5) is 0. The monoisotopic (exact) mass is 372 g/mol. The highest BCUT2D eigenvalue weighted by Crippen LogP contribution is 2.52. The Morgan fingerprint density at radius 1 is 0.517 bits per heavy atom. The first-order valence-electron chi connectivity index (χ1n) is 10.2. The topological polar surface area (TPSA) is 0 Å². The Hall–Kier alpha value is -3.38. The van der Waals surface area contributed by atoms with Gasteiger partial charge in [0.25, 0.3) is 0 Å². The number of fused-ring (bicyclic) bond motifs is 1. The van der Waals surface area contributed by atoms with Gasteiger partial charge in [-0.25, -0.2) is 0 Å². The molecule has 5 rings (SSSR count). The van der Waals surface area contributed by atoms with Gasteiger partial charge >= 0.3 is 0 Å². The van der Waals surface area contributed by atoms with E-state index in [0.717, 1.165) is 0 Å². The van der Waals surface area contributed by atoms with Crippen LogP contribution in [0.4, 0.5) is 0 Å². The third-order valence-corrected chi connectivity index (χ3v) is 5.93. The van der Waals surface area contributed by atoms with Gasteiger partial charge in [0.2, 0.25) is 0 Å². The molecule has 0 nitrogen and oxygen atoms in total. The SMILES string of the molecule is Cc1ccc(C2=C(c3ccc(C)cc3)C(c3ccccc3)c3ccccc32)cc1. The number of aryl methyl sites for hydroxylation is 2. The van der Waals surface area contributed by atoms with Crippen LogP contribution < -0.4 is 0 Å². The van der Waals surface area contributed by atoms with Crippen molar-refractivity contribution in [2.75, 3.05) is 0 Å². The lowest BCUT2D eigenvalue weighted by Crippen LogP contribution is -2.01. The first-order valence-corrected chi connectivity index (χ1v) is 10.2. The van der Waals surface area contributed by atoms with Crippen molar-refractivity contribution >= 4 is 11.1 Å². The second kappa shape index (κ2) is 7.22. The largest absolute Gasteiger partial charge is 0.0622 e. The standard InChI is InChI=1S/C29H24/c1-20-12-16-23(17-13-20)28-26-11-7-6-10-25(26)27(22-8-4-3-5-9-22)29(28)24-18-14-21(2)15-19-24/h3-19,27H,1-2H3. The minimum atomic E-state index is 0.242. The van der Waals surface area contributed by atoms with Crippen LogP contribution in [0, 0.1) is 13.8 Å². The fourth-order valence-corrected chi connectivity index (χ4v) is 4.49. The molecule has 1 atom stereocenters. The average molecular weight is 373 g/mol. The Bertz CT molecular complexity index is 1180. The summed E-state index contributed by atoms with van der Waals surface area (Å²) in [6.45, 7) is 4.30. The van der Waals surface area contributed by atoms with Crippen LogP contribution in [0.15, 0.2) is 103 Å². The van der Waals surface area contributed by atoms with Gasteiger partial charge in [-0.3, -0.25) is 0 Å². The summed E-state index contributed by atoms with van der Waals surface area (Å²) in [6, 6.07) is 37.8. The quantitative estimate of drug-likeness (QED) is 0.351. The van der Waals surface area contributed by atoms with E-state index >= 15 is 0 Å². The molecular weight excluding hydrogens is 348 g/mol. The summed E-state index contributed by atoms with van der Waals surface area (Å²) in [6.07, 6.45) is 0. The molecule has 0 fully saturated rings. The van der Waals surface area contributed by atoms with Gasteiger partial charge in [-0.1, -0.05) is 114 Å². The highest BCUT2D eigenvalue weighted by molar-refractivity contribution is 6.06. The molecule has 0 saturated heterocycles. The van der Waals surface area contributed by atoms with E-state index in [9.17, 15) is 0 Å². The average Bonchev–Trinajstić information content (AvgIpc) is 3.11. The van der Waals surface area contributed by atoms with Crippen molar-refractivity contribution in [3.63, 3.8) is 0 Å². The van der Waals surface area contributed by atoms with Crippen LogP contribution in [-0.2, 0) is 0 Å². The van der Waals surface area contributed by atoms with Gasteiger partial charge in [0, 0.05) is 5.92 Å².